The second kappa shape index (κ2) is 6.11. The van der Waals surface area contributed by atoms with Gasteiger partial charge in [0.2, 0.25) is 0 Å². The lowest BCUT2D eigenvalue weighted by Gasteiger charge is -2.57. The molecule has 1 aliphatic heterocycles. The van der Waals surface area contributed by atoms with Gasteiger partial charge in [0.1, 0.15) is 5.82 Å². The molecule has 26 heavy (non-hydrogen) atoms. The molecule has 1 aromatic rings. The third-order valence-corrected chi connectivity index (χ3v) is 7.12. The van der Waals surface area contributed by atoms with E-state index in [9.17, 15) is 9.18 Å². The number of nitrogens with one attached hydrogen (secondary N) is 1. The highest BCUT2D eigenvalue weighted by atomic mass is 19.1. The fraction of sp³-hybridized carbons (Fsp3) is 0.591. The van der Waals surface area contributed by atoms with E-state index in [-0.39, 0.29) is 17.4 Å². The molecule has 6 rings (SSSR count). The van der Waals surface area contributed by atoms with E-state index in [0.29, 0.717) is 6.54 Å². The topological polar surface area (TPSA) is 32.3 Å². The zero-order chi connectivity index (χ0) is 17.7. The van der Waals surface area contributed by atoms with Gasteiger partial charge >= 0.3 is 6.03 Å². The summed E-state index contributed by atoms with van der Waals surface area (Å²) in [6.45, 7) is 1.38. The Hall–Kier alpha value is -1.84. The number of halogens is 1. The first-order valence-corrected chi connectivity index (χ1v) is 10.1. The second-order valence-corrected chi connectivity index (χ2v) is 9.06. The molecule has 1 N–H and O–H groups in total. The van der Waals surface area contributed by atoms with Crippen LogP contribution in [-0.4, -0.2) is 29.6 Å². The van der Waals surface area contributed by atoms with Gasteiger partial charge in [-0.15, -0.1) is 0 Å². The quantitative estimate of drug-likeness (QED) is 0.827. The summed E-state index contributed by atoms with van der Waals surface area (Å²) in [6, 6.07) is 6.77. The molecule has 0 radical (unpaired) electrons. The average molecular weight is 354 g/mol. The van der Waals surface area contributed by atoms with Crippen molar-refractivity contribution in [3.05, 3.63) is 41.7 Å². The third-order valence-electron chi connectivity index (χ3n) is 7.12. The van der Waals surface area contributed by atoms with Crippen LogP contribution in [0.15, 0.2) is 30.3 Å². The molecule has 1 aromatic carbocycles. The predicted molar refractivity (Wildman–Crippen MR) is 100 cm³/mol. The van der Waals surface area contributed by atoms with Gasteiger partial charge in [0.15, 0.2) is 0 Å². The smallest absolute Gasteiger partial charge is 0.318 e. The molecule has 3 nitrogen and oxygen atoms in total. The van der Waals surface area contributed by atoms with Gasteiger partial charge in [-0.25, -0.2) is 9.18 Å². The monoisotopic (exact) mass is 354 g/mol. The molecule has 4 heteroatoms. The lowest BCUT2D eigenvalue weighted by Crippen LogP contribution is -2.62. The fourth-order valence-corrected chi connectivity index (χ4v) is 6.35. The van der Waals surface area contributed by atoms with Gasteiger partial charge in [-0.1, -0.05) is 18.2 Å². The van der Waals surface area contributed by atoms with Crippen molar-refractivity contribution in [2.24, 2.45) is 17.8 Å². The zero-order valence-corrected chi connectivity index (χ0v) is 15.2. The van der Waals surface area contributed by atoms with Crippen molar-refractivity contribution < 1.29 is 9.18 Å². The van der Waals surface area contributed by atoms with Crippen molar-refractivity contribution in [2.45, 2.75) is 50.5 Å². The molecule has 4 aliphatic carbocycles. The van der Waals surface area contributed by atoms with Crippen LogP contribution in [-0.2, 0) is 0 Å². The van der Waals surface area contributed by atoms with Crippen LogP contribution < -0.4 is 5.32 Å². The van der Waals surface area contributed by atoms with E-state index in [1.165, 1.54) is 56.2 Å². The number of urea groups is 1. The summed E-state index contributed by atoms with van der Waals surface area (Å²) in [5.41, 5.74) is 2.35. The van der Waals surface area contributed by atoms with E-state index in [4.69, 9.17) is 0 Å². The number of hydrogen-bond acceptors (Lipinski definition) is 1. The lowest BCUT2D eigenvalue weighted by atomic mass is 9.53. The van der Waals surface area contributed by atoms with Gasteiger partial charge in [0.25, 0.3) is 0 Å². The molecule has 0 unspecified atom stereocenters. The summed E-state index contributed by atoms with van der Waals surface area (Å²) in [5, 5.41) is 3.46. The highest BCUT2D eigenvalue weighted by Crippen LogP contribution is 2.55. The Balaban J connectivity index is 1.24. The fourth-order valence-electron chi connectivity index (χ4n) is 6.35. The molecule has 2 amide bonds. The Kier molecular flexibility index (Phi) is 3.84. The van der Waals surface area contributed by atoms with E-state index < -0.39 is 0 Å². The van der Waals surface area contributed by atoms with E-state index in [1.54, 1.807) is 0 Å². The molecule has 0 aromatic heterocycles. The van der Waals surface area contributed by atoms with Crippen molar-refractivity contribution in [3.63, 3.8) is 0 Å². The minimum atomic E-state index is -0.207. The molecule has 4 fully saturated rings. The zero-order valence-electron chi connectivity index (χ0n) is 15.2. The number of carbonyl (C=O) groups is 1. The maximum absolute atomic E-state index is 13.1. The van der Waals surface area contributed by atoms with Crippen LogP contribution >= 0.6 is 0 Å². The normalized spacial score (nSPS) is 35.3. The number of hydrogen-bond donors (Lipinski definition) is 1. The van der Waals surface area contributed by atoms with E-state index in [2.05, 4.69) is 11.4 Å². The maximum atomic E-state index is 13.1. The molecule has 5 aliphatic rings. The van der Waals surface area contributed by atoms with Gasteiger partial charge in [-0.2, -0.15) is 0 Å². The first-order chi connectivity index (χ1) is 12.6. The predicted octanol–water partition coefficient (Wildman–Crippen LogP) is 4.59. The molecule has 0 saturated heterocycles. The first kappa shape index (κ1) is 16.3. The van der Waals surface area contributed by atoms with Gasteiger partial charge in [-0.05, 0) is 86.0 Å². The maximum Gasteiger partial charge on any atom is 0.318 e. The lowest BCUT2D eigenvalue weighted by molar-refractivity contribution is -0.0155. The molecule has 138 valence electrons. The van der Waals surface area contributed by atoms with Gasteiger partial charge in [0.05, 0.1) is 0 Å². The third kappa shape index (κ3) is 2.93. The van der Waals surface area contributed by atoms with Gasteiger partial charge < -0.3 is 10.2 Å². The number of amides is 2. The Morgan fingerprint density at radius 3 is 2.19 bits per heavy atom. The molecule has 1 heterocycles. The van der Waals surface area contributed by atoms with Crippen LogP contribution in [0.4, 0.5) is 9.18 Å². The second-order valence-electron chi connectivity index (χ2n) is 9.06. The van der Waals surface area contributed by atoms with Crippen LogP contribution in [0.1, 0.15) is 50.5 Å². The van der Waals surface area contributed by atoms with E-state index in [0.717, 1.165) is 36.3 Å². The van der Waals surface area contributed by atoms with Crippen LogP contribution in [0, 0.1) is 23.6 Å². The summed E-state index contributed by atoms with van der Waals surface area (Å²) in [6.07, 6.45) is 10.7. The molecule has 0 atom stereocenters. The summed E-state index contributed by atoms with van der Waals surface area (Å²) in [5.74, 6) is 2.32. The van der Waals surface area contributed by atoms with Gasteiger partial charge in [-0.3, -0.25) is 0 Å². The largest absolute Gasteiger partial charge is 0.333 e. The average Bonchev–Trinajstić information content (AvgIpc) is 2.61. The molecule has 0 spiro atoms. The summed E-state index contributed by atoms with van der Waals surface area (Å²) in [7, 11) is 0. The minimum absolute atomic E-state index is 0.0762. The first-order valence-electron chi connectivity index (χ1n) is 10.1. The number of carbonyl (C=O) groups excluding carboxylic acids is 1. The Morgan fingerprint density at radius 1 is 1.04 bits per heavy atom. The Labute approximate surface area is 154 Å². The standard InChI is InChI=1S/C22H27FN2O/c23-20-3-1-18(2-4-20)19-5-7-25(8-6-19)21(26)24-22-12-15-9-16(13-22)11-17(10-15)14-22/h1-5,15-17H,6-14H2,(H,24,26). The van der Waals surface area contributed by atoms with Crippen molar-refractivity contribution in [3.8, 4) is 0 Å². The van der Waals surface area contributed by atoms with Crippen molar-refractivity contribution >= 4 is 11.6 Å². The van der Waals surface area contributed by atoms with Crippen molar-refractivity contribution in [2.75, 3.05) is 13.1 Å². The summed E-state index contributed by atoms with van der Waals surface area (Å²) < 4.78 is 13.1. The number of rotatable bonds is 2. The van der Waals surface area contributed by atoms with Crippen molar-refractivity contribution in [1.82, 2.24) is 10.2 Å². The SMILES string of the molecule is O=C(NC12CC3CC(CC(C3)C1)C2)N1CC=C(c2ccc(F)cc2)CC1. The summed E-state index contributed by atoms with van der Waals surface area (Å²) in [4.78, 5) is 14.8. The van der Waals surface area contributed by atoms with Crippen LogP contribution in [0.3, 0.4) is 0 Å². The van der Waals surface area contributed by atoms with E-state index in [1.807, 2.05) is 17.0 Å². The highest BCUT2D eigenvalue weighted by Gasteiger charge is 2.51. The van der Waals surface area contributed by atoms with Crippen molar-refractivity contribution in [1.29, 1.82) is 0 Å². The Morgan fingerprint density at radius 2 is 1.65 bits per heavy atom. The van der Waals surface area contributed by atoms with Gasteiger partial charge in [0, 0.05) is 18.6 Å². The molecule has 4 saturated carbocycles. The van der Waals surface area contributed by atoms with E-state index >= 15 is 0 Å². The van der Waals surface area contributed by atoms with Crippen LogP contribution in [0.25, 0.3) is 5.57 Å². The number of benzene rings is 1. The molecular formula is C22H27FN2O. The molecule has 4 bridgehead atoms. The van der Waals surface area contributed by atoms with Crippen LogP contribution in [0.2, 0.25) is 0 Å². The highest BCUT2D eigenvalue weighted by molar-refractivity contribution is 5.77. The van der Waals surface area contributed by atoms with Crippen LogP contribution in [0.5, 0.6) is 0 Å². The Bertz CT molecular complexity index is 704. The molecular weight excluding hydrogens is 327 g/mol. The minimum Gasteiger partial charge on any atom is -0.333 e. The number of nitrogens with zero attached hydrogens (tertiary/aromatic N) is 1. The summed E-state index contributed by atoms with van der Waals surface area (Å²) >= 11 is 0.